The highest BCUT2D eigenvalue weighted by Crippen LogP contribution is 2.25. The van der Waals surface area contributed by atoms with Crippen LogP contribution in [0.25, 0.3) is 6.08 Å². The molecule has 1 heterocycles. The molecule has 1 aliphatic heterocycles. The van der Waals surface area contributed by atoms with E-state index in [-0.39, 0.29) is 24.8 Å². The molecule has 1 aliphatic rings. The molecular formula is C22H25F2N3O3S. The molecule has 0 spiro atoms. The molecule has 0 radical (unpaired) electrons. The molecule has 0 aliphatic carbocycles. The predicted octanol–water partition coefficient (Wildman–Crippen LogP) is 2.89. The summed E-state index contributed by atoms with van der Waals surface area (Å²) in [5.74, 6) is -1.82. The zero-order valence-corrected chi connectivity index (χ0v) is 17.7. The Bertz CT molecular complexity index is 1030. The second-order valence-electron chi connectivity index (χ2n) is 7.41. The van der Waals surface area contributed by atoms with E-state index in [1.165, 1.54) is 18.2 Å². The van der Waals surface area contributed by atoms with Gasteiger partial charge in [0.1, 0.15) is 0 Å². The van der Waals surface area contributed by atoms with Gasteiger partial charge in [-0.3, -0.25) is 4.79 Å². The van der Waals surface area contributed by atoms with E-state index < -0.39 is 21.7 Å². The normalized spacial score (nSPS) is 16.7. The minimum absolute atomic E-state index is 0.00105. The first-order valence-corrected chi connectivity index (χ1v) is 11.6. The fourth-order valence-electron chi connectivity index (χ4n) is 3.35. The summed E-state index contributed by atoms with van der Waals surface area (Å²) in [5, 5.41) is 3.88. The van der Waals surface area contributed by atoms with Gasteiger partial charge in [0.2, 0.25) is 15.9 Å². The van der Waals surface area contributed by atoms with Crippen LogP contribution in [0.1, 0.15) is 18.4 Å². The molecule has 1 atom stereocenters. The summed E-state index contributed by atoms with van der Waals surface area (Å²) < 4.78 is 52.8. The van der Waals surface area contributed by atoms with Crippen LogP contribution < -0.4 is 14.9 Å². The van der Waals surface area contributed by atoms with Crippen molar-refractivity contribution in [3.8, 4) is 0 Å². The maximum atomic E-state index is 13.4. The lowest BCUT2D eigenvalue weighted by molar-refractivity contribution is -0.121. The van der Waals surface area contributed by atoms with Crippen LogP contribution in [0.2, 0.25) is 0 Å². The number of anilines is 1. The molecule has 9 heteroatoms. The SMILES string of the molecule is O=C(CCNS(=O)(=O)/C=C/c1ccccc1)NCC1CCN(c2ccc(F)c(F)c2)C1. The van der Waals surface area contributed by atoms with Crippen molar-refractivity contribution in [2.75, 3.05) is 31.1 Å². The molecule has 6 nitrogen and oxygen atoms in total. The second-order valence-corrected chi connectivity index (χ2v) is 9.06. The number of carbonyl (C=O) groups is 1. The first kappa shape index (κ1) is 22.9. The van der Waals surface area contributed by atoms with E-state index in [4.69, 9.17) is 0 Å². The monoisotopic (exact) mass is 449 g/mol. The van der Waals surface area contributed by atoms with E-state index >= 15 is 0 Å². The van der Waals surface area contributed by atoms with Gasteiger partial charge in [0.15, 0.2) is 11.6 Å². The lowest BCUT2D eigenvalue weighted by atomic mass is 10.1. The van der Waals surface area contributed by atoms with Crippen molar-refractivity contribution >= 4 is 27.7 Å². The van der Waals surface area contributed by atoms with E-state index in [0.717, 1.165) is 23.5 Å². The van der Waals surface area contributed by atoms with Crippen molar-refractivity contribution in [1.29, 1.82) is 0 Å². The molecule has 1 fully saturated rings. The van der Waals surface area contributed by atoms with E-state index in [2.05, 4.69) is 10.0 Å². The van der Waals surface area contributed by atoms with Crippen molar-refractivity contribution in [1.82, 2.24) is 10.0 Å². The van der Waals surface area contributed by atoms with Crippen LogP contribution in [0.15, 0.2) is 53.9 Å². The first-order chi connectivity index (χ1) is 14.8. The number of nitrogens with zero attached hydrogens (tertiary/aromatic N) is 1. The number of hydrogen-bond acceptors (Lipinski definition) is 4. The lowest BCUT2D eigenvalue weighted by Gasteiger charge is -2.19. The third-order valence-electron chi connectivity index (χ3n) is 5.04. The van der Waals surface area contributed by atoms with Gasteiger partial charge in [-0.2, -0.15) is 0 Å². The summed E-state index contributed by atoms with van der Waals surface area (Å²) in [4.78, 5) is 14.0. The number of sulfonamides is 1. The van der Waals surface area contributed by atoms with Crippen LogP contribution in [0.3, 0.4) is 0 Å². The van der Waals surface area contributed by atoms with Crippen LogP contribution in [0.4, 0.5) is 14.5 Å². The molecule has 0 saturated carbocycles. The maximum Gasteiger partial charge on any atom is 0.233 e. The van der Waals surface area contributed by atoms with Gasteiger partial charge in [-0.25, -0.2) is 21.9 Å². The average Bonchev–Trinajstić information content (AvgIpc) is 3.23. The minimum Gasteiger partial charge on any atom is -0.371 e. The highest BCUT2D eigenvalue weighted by atomic mass is 32.2. The van der Waals surface area contributed by atoms with Gasteiger partial charge in [0.25, 0.3) is 0 Å². The Morgan fingerprint density at radius 2 is 1.90 bits per heavy atom. The number of carbonyl (C=O) groups excluding carboxylic acids is 1. The number of hydrogen-bond donors (Lipinski definition) is 2. The third-order valence-corrected chi connectivity index (χ3v) is 6.14. The Morgan fingerprint density at radius 3 is 2.65 bits per heavy atom. The van der Waals surface area contributed by atoms with Crippen LogP contribution in [-0.4, -0.2) is 40.5 Å². The first-order valence-electron chi connectivity index (χ1n) is 10.0. The second kappa shape index (κ2) is 10.5. The van der Waals surface area contributed by atoms with Crippen LogP contribution in [0, 0.1) is 17.6 Å². The van der Waals surface area contributed by atoms with E-state index in [9.17, 15) is 22.0 Å². The maximum absolute atomic E-state index is 13.4. The third kappa shape index (κ3) is 7.15. The van der Waals surface area contributed by atoms with Crippen LogP contribution in [0.5, 0.6) is 0 Å². The lowest BCUT2D eigenvalue weighted by Crippen LogP contribution is -2.33. The highest BCUT2D eigenvalue weighted by Gasteiger charge is 2.23. The standard InChI is InChI=1S/C22H25F2N3O3S/c23-20-7-6-19(14-21(20)24)27-12-9-18(16-27)15-25-22(28)8-11-26-31(29,30)13-10-17-4-2-1-3-5-17/h1-7,10,13-14,18,26H,8-9,11-12,15-16H2,(H,25,28)/b13-10+. The van der Waals surface area contributed by atoms with Crippen molar-refractivity contribution in [3.05, 3.63) is 71.1 Å². The molecule has 0 bridgehead atoms. The quantitative estimate of drug-likeness (QED) is 0.617. The van der Waals surface area contributed by atoms with Gasteiger partial charge < -0.3 is 10.2 Å². The zero-order chi connectivity index (χ0) is 22.3. The van der Waals surface area contributed by atoms with Gasteiger partial charge in [-0.1, -0.05) is 30.3 Å². The number of halogens is 2. The Labute approximate surface area is 181 Å². The van der Waals surface area contributed by atoms with E-state index in [0.29, 0.717) is 25.3 Å². The zero-order valence-electron chi connectivity index (χ0n) is 16.9. The summed E-state index contributed by atoms with van der Waals surface area (Å²) in [5.41, 5.74) is 1.38. The summed E-state index contributed by atoms with van der Waals surface area (Å²) in [6, 6.07) is 12.9. The van der Waals surface area contributed by atoms with Crippen molar-refractivity contribution in [2.24, 2.45) is 5.92 Å². The summed E-state index contributed by atoms with van der Waals surface area (Å²) in [6.45, 7) is 1.76. The minimum atomic E-state index is -3.63. The average molecular weight is 450 g/mol. The molecule has 166 valence electrons. The fourth-order valence-corrected chi connectivity index (χ4v) is 4.17. The van der Waals surface area contributed by atoms with Crippen molar-refractivity contribution < 1.29 is 22.0 Å². The number of amides is 1. The summed E-state index contributed by atoms with van der Waals surface area (Å²) in [6.07, 6.45) is 2.33. The summed E-state index contributed by atoms with van der Waals surface area (Å²) in [7, 11) is -3.63. The molecule has 2 N–H and O–H groups in total. The fraction of sp³-hybridized carbons (Fsp3) is 0.318. The van der Waals surface area contributed by atoms with Crippen molar-refractivity contribution in [2.45, 2.75) is 12.8 Å². The number of rotatable bonds is 9. The Kier molecular flexibility index (Phi) is 7.75. The molecule has 0 aromatic heterocycles. The van der Waals surface area contributed by atoms with Crippen molar-refractivity contribution in [3.63, 3.8) is 0 Å². The summed E-state index contributed by atoms with van der Waals surface area (Å²) >= 11 is 0. The van der Waals surface area contributed by atoms with Gasteiger partial charge >= 0.3 is 0 Å². The largest absolute Gasteiger partial charge is 0.371 e. The van der Waals surface area contributed by atoms with Gasteiger partial charge in [-0.15, -0.1) is 0 Å². The highest BCUT2D eigenvalue weighted by molar-refractivity contribution is 7.92. The Hall–Kier alpha value is -2.78. The number of benzene rings is 2. The Balaban J connectivity index is 1.36. The number of nitrogens with one attached hydrogen (secondary N) is 2. The molecule has 3 rings (SSSR count). The smallest absolute Gasteiger partial charge is 0.233 e. The molecule has 1 amide bonds. The van der Waals surface area contributed by atoms with Gasteiger partial charge in [-0.05, 0) is 36.1 Å². The van der Waals surface area contributed by atoms with Crippen LogP contribution >= 0.6 is 0 Å². The molecule has 2 aromatic rings. The molecule has 2 aromatic carbocycles. The molecule has 31 heavy (non-hydrogen) atoms. The topological polar surface area (TPSA) is 78.5 Å². The predicted molar refractivity (Wildman–Crippen MR) is 117 cm³/mol. The van der Waals surface area contributed by atoms with E-state index in [1.807, 2.05) is 23.1 Å². The van der Waals surface area contributed by atoms with Crippen LogP contribution in [-0.2, 0) is 14.8 Å². The van der Waals surface area contributed by atoms with Gasteiger partial charge in [0, 0.05) is 49.8 Å². The molecule has 1 saturated heterocycles. The molecule has 1 unspecified atom stereocenters. The Morgan fingerprint density at radius 1 is 1.13 bits per heavy atom. The van der Waals surface area contributed by atoms with Gasteiger partial charge in [0.05, 0.1) is 0 Å². The molecular weight excluding hydrogens is 424 g/mol. The van der Waals surface area contributed by atoms with E-state index in [1.54, 1.807) is 12.1 Å².